The molecule has 0 saturated heterocycles. The molecule has 0 radical (unpaired) electrons. The third kappa shape index (κ3) is 5.21. The number of hydrogen-bond acceptors (Lipinski definition) is 7. The van der Waals surface area contributed by atoms with Gasteiger partial charge in [0, 0.05) is 28.8 Å². The first-order chi connectivity index (χ1) is 18.1. The summed E-state index contributed by atoms with van der Waals surface area (Å²) in [5.41, 5.74) is 3.08. The summed E-state index contributed by atoms with van der Waals surface area (Å²) in [5.74, 6) is 0. The number of hydrogen-bond donors (Lipinski definition) is 2. The van der Waals surface area contributed by atoms with Crippen molar-refractivity contribution in [1.82, 2.24) is 20.0 Å². The van der Waals surface area contributed by atoms with E-state index in [2.05, 4.69) is 58.8 Å². The fourth-order valence-corrected chi connectivity index (χ4v) is 4.31. The highest BCUT2D eigenvalue weighted by Crippen LogP contribution is 2.37. The summed E-state index contributed by atoms with van der Waals surface area (Å²) < 4.78 is 11.4. The minimum absolute atomic E-state index is 0.0516. The van der Waals surface area contributed by atoms with E-state index >= 15 is 0 Å². The van der Waals surface area contributed by atoms with E-state index in [1.54, 1.807) is 41.2 Å². The van der Waals surface area contributed by atoms with Crippen molar-refractivity contribution in [2.24, 2.45) is 5.41 Å². The minimum atomic E-state index is -1.61. The van der Waals surface area contributed by atoms with Gasteiger partial charge < -0.3 is 10.6 Å². The van der Waals surface area contributed by atoms with Crippen molar-refractivity contribution in [3.8, 4) is 12.1 Å². The van der Waals surface area contributed by atoms with Crippen LogP contribution in [0.5, 0.6) is 0 Å². The molecular formula is C28H27ClN8. The first-order valence-electron chi connectivity index (χ1n) is 12.6. The molecule has 1 atom stereocenters. The van der Waals surface area contributed by atoms with Crippen molar-refractivity contribution in [2.75, 3.05) is 17.2 Å². The van der Waals surface area contributed by atoms with Gasteiger partial charge in [-0.1, -0.05) is 55.8 Å². The van der Waals surface area contributed by atoms with E-state index in [-0.39, 0.29) is 5.41 Å². The molecule has 5 rings (SSSR count). The lowest BCUT2D eigenvalue weighted by Crippen LogP contribution is -2.20. The van der Waals surface area contributed by atoms with E-state index in [0.717, 1.165) is 12.8 Å². The fourth-order valence-electron chi connectivity index (χ4n) is 4.08. The molecule has 1 fully saturated rings. The SMILES string of the molecule is [2H]C(Nc1cc(C#N)c2ncc(C#N)c(NCC(C)(C)C)c2c1)(c1cn(C2CC2)nn1)c1ccccc1Cl. The first-order valence-corrected chi connectivity index (χ1v) is 12.5. The molecule has 0 aliphatic heterocycles. The highest BCUT2D eigenvalue weighted by atomic mass is 35.5. The van der Waals surface area contributed by atoms with Crippen LogP contribution in [0.1, 0.15) is 69.4 Å². The Labute approximate surface area is 222 Å². The minimum Gasteiger partial charge on any atom is -0.383 e. The van der Waals surface area contributed by atoms with Crippen LogP contribution in [0.3, 0.4) is 0 Å². The largest absolute Gasteiger partial charge is 0.383 e. The molecule has 1 aliphatic rings. The average Bonchev–Trinajstić information content (AvgIpc) is 3.61. The second-order valence-corrected chi connectivity index (χ2v) is 10.8. The smallest absolute Gasteiger partial charge is 0.110 e. The van der Waals surface area contributed by atoms with Gasteiger partial charge in [0.05, 0.1) is 42.0 Å². The van der Waals surface area contributed by atoms with E-state index < -0.39 is 6.02 Å². The molecule has 2 heterocycles. The number of benzene rings is 2. The predicted molar refractivity (Wildman–Crippen MR) is 144 cm³/mol. The monoisotopic (exact) mass is 511 g/mol. The topological polar surface area (TPSA) is 115 Å². The number of pyridine rings is 1. The molecule has 0 spiro atoms. The molecule has 1 saturated carbocycles. The first kappa shape index (κ1) is 23.3. The number of anilines is 2. The summed E-state index contributed by atoms with van der Waals surface area (Å²) >= 11 is 6.59. The standard InChI is InChI=1S/C28H27ClN8/c1-28(2,3)16-33-26-18(13-31)14-32-25-17(12-30)10-19(11-22(25)26)34-27(21-6-4-5-7-23(21)29)24-15-37(36-35-24)20-8-9-20/h4-7,10-11,14-15,20,27,34H,8-9,16H2,1-3H3,(H,32,33)/i27D. The summed E-state index contributed by atoms with van der Waals surface area (Å²) in [6, 6.07) is 13.7. The summed E-state index contributed by atoms with van der Waals surface area (Å²) in [7, 11) is 0. The zero-order valence-corrected chi connectivity index (χ0v) is 21.6. The Balaban J connectivity index is 1.67. The quantitative estimate of drug-likeness (QED) is 0.302. The third-order valence-electron chi connectivity index (χ3n) is 6.11. The van der Waals surface area contributed by atoms with Gasteiger partial charge in [0.2, 0.25) is 0 Å². The zero-order valence-electron chi connectivity index (χ0n) is 21.9. The van der Waals surface area contributed by atoms with Crippen LogP contribution in [0.4, 0.5) is 11.4 Å². The Kier molecular flexibility index (Phi) is 6.12. The number of nitrogens with one attached hydrogen (secondary N) is 2. The number of rotatable bonds is 7. The number of fused-ring (bicyclic) bond motifs is 1. The Morgan fingerprint density at radius 2 is 1.95 bits per heavy atom. The van der Waals surface area contributed by atoms with Gasteiger partial charge in [-0.15, -0.1) is 5.10 Å². The molecule has 37 heavy (non-hydrogen) atoms. The number of aromatic nitrogens is 4. The Morgan fingerprint density at radius 3 is 2.62 bits per heavy atom. The van der Waals surface area contributed by atoms with Gasteiger partial charge in [-0.2, -0.15) is 10.5 Å². The van der Waals surface area contributed by atoms with E-state index in [0.29, 0.717) is 62.3 Å². The summed E-state index contributed by atoms with van der Waals surface area (Å²) in [5, 5.41) is 36.1. The van der Waals surface area contributed by atoms with Crippen LogP contribution >= 0.6 is 11.6 Å². The molecule has 2 N–H and O–H groups in total. The molecule has 9 heteroatoms. The maximum absolute atomic E-state index is 9.99. The van der Waals surface area contributed by atoms with Crippen LogP contribution in [0, 0.1) is 28.1 Å². The molecule has 186 valence electrons. The van der Waals surface area contributed by atoms with Crippen LogP contribution in [-0.2, 0) is 0 Å². The highest BCUT2D eigenvalue weighted by molar-refractivity contribution is 6.31. The van der Waals surface area contributed by atoms with Crippen molar-refractivity contribution >= 4 is 33.9 Å². The van der Waals surface area contributed by atoms with E-state index in [9.17, 15) is 11.9 Å². The maximum atomic E-state index is 9.99. The molecular weight excluding hydrogens is 484 g/mol. The summed E-state index contributed by atoms with van der Waals surface area (Å²) in [6.45, 7) is 6.88. The molecule has 1 unspecified atom stereocenters. The molecule has 8 nitrogen and oxygen atoms in total. The van der Waals surface area contributed by atoms with Gasteiger partial charge in [0.1, 0.15) is 17.8 Å². The lowest BCUT2D eigenvalue weighted by Gasteiger charge is -2.22. The van der Waals surface area contributed by atoms with Gasteiger partial charge in [-0.3, -0.25) is 4.98 Å². The van der Waals surface area contributed by atoms with Gasteiger partial charge in [0.15, 0.2) is 0 Å². The van der Waals surface area contributed by atoms with Crippen molar-refractivity contribution in [1.29, 1.82) is 10.5 Å². The number of halogens is 1. The molecule has 1 aliphatic carbocycles. The lowest BCUT2D eigenvalue weighted by molar-refractivity contribution is 0.443. The summed E-state index contributed by atoms with van der Waals surface area (Å²) in [4.78, 5) is 4.42. The second kappa shape index (κ2) is 9.72. The lowest BCUT2D eigenvalue weighted by atomic mass is 9.96. The van der Waals surface area contributed by atoms with Gasteiger partial charge in [0.25, 0.3) is 0 Å². The average molecular weight is 512 g/mol. The van der Waals surface area contributed by atoms with E-state index in [4.69, 9.17) is 11.6 Å². The Morgan fingerprint density at radius 1 is 1.19 bits per heavy atom. The van der Waals surface area contributed by atoms with Crippen LogP contribution < -0.4 is 10.6 Å². The molecule has 0 amide bonds. The van der Waals surface area contributed by atoms with Crippen LogP contribution in [0.2, 0.25) is 5.02 Å². The van der Waals surface area contributed by atoms with E-state index in [1.165, 1.54) is 6.20 Å². The van der Waals surface area contributed by atoms with Crippen LogP contribution in [0.15, 0.2) is 48.8 Å². The normalized spacial score (nSPS) is 15.4. The Hall–Kier alpha value is -4.14. The number of nitriles is 2. The summed E-state index contributed by atoms with van der Waals surface area (Å²) in [6.07, 6.45) is 5.32. The Bertz CT molecular complexity index is 1610. The molecule has 2 aromatic carbocycles. The van der Waals surface area contributed by atoms with Crippen LogP contribution in [0.25, 0.3) is 10.9 Å². The third-order valence-corrected chi connectivity index (χ3v) is 6.44. The van der Waals surface area contributed by atoms with Crippen LogP contribution in [-0.4, -0.2) is 26.5 Å². The molecule has 2 aromatic heterocycles. The van der Waals surface area contributed by atoms with Crippen molar-refractivity contribution in [2.45, 2.75) is 45.7 Å². The van der Waals surface area contributed by atoms with Crippen molar-refractivity contribution in [3.05, 3.63) is 76.2 Å². The van der Waals surface area contributed by atoms with E-state index in [1.807, 2.05) is 6.07 Å². The fraction of sp³-hybridized carbons (Fsp3) is 0.321. The molecule has 0 bridgehead atoms. The maximum Gasteiger partial charge on any atom is 0.110 e. The predicted octanol–water partition coefficient (Wildman–Crippen LogP) is 6.22. The van der Waals surface area contributed by atoms with Crippen molar-refractivity contribution < 1.29 is 1.37 Å². The highest BCUT2D eigenvalue weighted by Gasteiger charge is 2.28. The second-order valence-electron chi connectivity index (χ2n) is 10.4. The molecule has 4 aromatic rings. The van der Waals surface area contributed by atoms with Gasteiger partial charge >= 0.3 is 0 Å². The van der Waals surface area contributed by atoms with Gasteiger partial charge in [-0.05, 0) is 42.0 Å². The van der Waals surface area contributed by atoms with Gasteiger partial charge in [-0.25, -0.2) is 4.68 Å². The number of nitrogens with zero attached hydrogens (tertiary/aromatic N) is 6. The van der Waals surface area contributed by atoms with Crippen molar-refractivity contribution in [3.63, 3.8) is 0 Å². The zero-order chi connectivity index (χ0) is 27.1.